The zero-order valence-corrected chi connectivity index (χ0v) is 26.1. The Labute approximate surface area is 265 Å². The Morgan fingerprint density at radius 1 is 0.957 bits per heavy atom. The zero-order valence-electron chi connectivity index (χ0n) is 26.1. The molecule has 0 aliphatic carbocycles. The highest BCUT2D eigenvalue weighted by molar-refractivity contribution is 6.06. The SMILES string of the molecule is Cc1ccc(C(=O)Nc2ccc(C(N3CCNCC3)N3CCN(C)CC3)c(C(F)(F)F)c2)cc1NC(=O)N(C)c1cc(N)ncn1. The number of nitrogen functional groups attached to an aromatic ring is 1. The third kappa shape index (κ3) is 7.73. The van der Waals surface area contributed by atoms with Crippen molar-refractivity contribution < 1.29 is 22.8 Å². The van der Waals surface area contributed by atoms with Crippen molar-refractivity contribution in [2.75, 3.05) is 87.7 Å². The predicted molar refractivity (Wildman–Crippen MR) is 171 cm³/mol. The molecule has 3 aromatic rings. The highest BCUT2D eigenvalue weighted by atomic mass is 19.4. The Morgan fingerprint density at radius 2 is 1.65 bits per heavy atom. The predicted octanol–water partition coefficient (Wildman–Crippen LogP) is 3.46. The van der Waals surface area contributed by atoms with Gasteiger partial charge in [0, 0.05) is 82.4 Å². The van der Waals surface area contributed by atoms with Crippen LogP contribution >= 0.6 is 0 Å². The molecule has 5 rings (SSSR count). The number of likely N-dealkylation sites (N-methyl/N-ethyl adjacent to an activating group) is 1. The first-order valence-electron chi connectivity index (χ1n) is 15.0. The number of alkyl halides is 3. The molecule has 2 saturated heterocycles. The summed E-state index contributed by atoms with van der Waals surface area (Å²) < 4.78 is 43.9. The Bertz CT molecular complexity index is 1560. The van der Waals surface area contributed by atoms with Crippen LogP contribution in [0.2, 0.25) is 0 Å². The molecule has 2 aromatic carbocycles. The number of urea groups is 1. The van der Waals surface area contributed by atoms with Crippen LogP contribution in [0.15, 0.2) is 48.8 Å². The summed E-state index contributed by atoms with van der Waals surface area (Å²) in [5, 5.41) is 8.64. The van der Waals surface area contributed by atoms with Crippen molar-refractivity contribution >= 4 is 34.9 Å². The molecule has 15 heteroatoms. The van der Waals surface area contributed by atoms with E-state index in [-0.39, 0.29) is 28.5 Å². The lowest BCUT2D eigenvalue weighted by molar-refractivity contribution is -0.140. The zero-order chi connectivity index (χ0) is 33.0. The van der Waals surface area contributed by atoms with E-state index in [4.69, 9.17) is 5.73 Å². The van der Waals surface area contributed by atoms with E-state index < -0.39 is 29.8 Å². The van der Waals surface area contributed by atoms with Crippen molar-refractivity contribution in [3.63, 3.8) is 0 Å². The minimum absolute atomic E-state index is 0.0192. The van der Waals surface area contributed by atoms with E-state index >= 15 is 0 Å². The number of rotatable bonds is 7. The number of amides is 3. The van der Waals surface area contributed by atoms with Gasteiger partial charge in [-0.25, -0.2) is 14.8 Å². The highest BCUT2D eigenvalue weighted by Crippen LogP contribution is 2.40. The highest BCUT2D eigenvalue weighted by Gasteiger charge is 2.39. The molecule has 0 spiro atoms. The molecule has 46 heavy (non-hydrogen) atoms. The number of halogens is 3. The first-order chi connectivity index (χ1) is 21.9. The summed E-state index contributed by atoms with van der Waals surface area (Å²) in [4.78, 5) is 41.7. The van der Waals surface area contributed by atoms with E-state index in [1.807, 2.05) is 7.05 Å². The second-order valence-corrected chi connectivity index (χ2v) is 11.6. The molecule has 1 unspecified atom stereocenters. The molecular formula is C31H39F3N10O2. The van der Waals surface area contributed by atoms with Crippen LogP contribution in [0.25, 0.3) is 0 Å². The van der Waals surface area contributed by atoms with Gasteiger partial charge in [0.25, 0.3) is 5.91 Å². The molecule has 1 atom stereocenters. The van der Waals surface area contributed by atoms with Crippen molar-refractivity contribution in [1.82, 2.24) is 30.0 Å². The first kappa shape index (κ1) is 33.1. The Hall–Kier alpha value is -4.31. The van der Waals surface area contributed by atoms with Crippen molar-refractivity contribution in [3.8, 4) is 0 Å². The number of nitrogens with one attached hydrogen (secondary N) is 3. The number of hydrogen-bond acceptors (Lipinski definition) is 9. The third-order valence-corrected chi connectivity index (χ3v) is 8.34. The van der Waals surface area contributed by atoms with E-state index in [1.165, 1.54) is 42.5 Å². The fourth-order valence-corrected chi connectivity index (χ4v) is 5.67. The molecule has 1 aromatic heterocycles. The topological polar surface area (TPSA) is 135 Å². The normalized spacial score (nSPS) is 17.3. The summed E-state index contributed by atoms with van der Waals surface area (Å²) in [6.45, 7) is 7.24. The van der Waals surface area contributed by atoms with Crippen molar-refractivity contribution in [2.45, 2.75) is 19.3 Å². The summed E-state index contributed by atoms with van der Waals surface area (Å²) >= 11 is 0. The van der Waals surface area contributed by atoms with Gasteiger partial charge in [0.15, 0.2) is 0 Å². The second kappa shape index (κ2) is 14.0. The second-order valence-electron chi connectivity index (χ2n) is 11.6. The van der Waals surface area contributed by atoms with Crippen molar-refractivity contribution in [1.29, 1.82) is 0 Å². The van der Waals surface area contributed by atoms with Crippen LogP contribution in [0.1, 0.15) is 33.2 Å². The number of piperazine rings is 2. The number of aromatic nitrogens is 2. The van der Waals surface area contributed by atoms with Crippen LogP contribution < -0.4 is 26.6 Å². The van der Waals surface area contributed by atoms with Gasteiger partial charge in [-0.2, -0.15) is 13.2 Å². The number of benzene rings is 2. The Balaban J connectivity index is 1.38. The summed E-state index contributed by atoms with van der Waals surface area (Å²) in [7, 11) is 3.51. The Morgan fingerprint density at radius 3 is 2.33 bits per heavy atom. The minimum Gasteiger partial charge on any atom is -0.384 e. The van der Waals surface area contributed by atoms with Crippen LogP contribution in [0, 0.1) is 6.92 Å². The van der Waals surface area contributed by atoms with E-state index in [1.54, 1.807) is 19.1 Å². The molecule has 2 aliphatic heterocycles. The standard InChI is InChI=1S/C31H39F3N10O2/c1-20-4-5-21(16-25(20)40-30(46)42(3)27-18-26(35)37-19-38-27)28(45)39-22-6-7-23(24(17-22)31(32,33)34)29(43-10-8-36-9-11-43)44-14-12-41(2)13-15-44/h4-7,16-19,29,36H,8-15H2,1-3H3,(H,39,45)(H,40,46)(H2,35,37,38). The van der Waals surface area contributed by atoms with E-state index in [9.17, 15) is 22.8 Å². The fraction of sp³-hybridized carbons (Fsp3) is 0.419. The van der Waals surface area contributed by atoms with Gasteiger partial charge in [-0.1, -0.05) is 12.1 Å². The molecule has 0 radical (unpaired) electrons. The molecule has 2 aliphatic rings. The molecule has 3 heterocycles. The summed E-state index contributed by atoms with van der Waals surface area (Å²) in [6.07, 6.45) is -3.95. The van der Waals surface area contributed by atoms with Gasteiger partial charge in [-0.3, -0.25) is 19.5 Å². The van der Waals surface area contributed by atoms with Gasteiger partial charge in [-0.05, 0) is 49.4 Å². The average Bonchev–Trinajstić information content (AvgIpc) is 3.03. The van der Waals surface area contributed by atoms with E-state index in [0.717, 1.165) is 19.2 Å². The van der Waals surface area contributed by atoms with Crippen LogP contribution in [0.4, 0.5) is 41.0 Å². The van der Waals surface area contributed by atoms with Crippen molar-refractivity contribution in [2.24, 2.45) is 0 Å². The molecule has 0 bridgehead atoms. The van der Waals surface area contributed by atoms with E-state index in [0.29, 0.717) is 50.5 Å². The summed E-state index contributed by atoms with van der Waals surface area (Å²) in [5.41, 5.74) is 6.29. The molecule has 12 nitrogen and oxygen atoms in total. The van der Waals surface area contributed by atoms with Crippen LogP contribution in [0.3, 0.4) is 0 Å². The molecule has 246 valence electrons. The third-order valence-electron chi connectivity index (χ3n) is 8.34. The van der Waals surface area contributed by atoms with Gasteiger partial charge in [0.2, 0.25) is 0 Å². The summed E-state index contributed by atoms with van der Waals surface area (Å²) in [5.74, 6) is -0.154. The molecular weight excluding hydrogens is 601 g/mol. The maximum Gasteiger partial charge on any atom is 0.416 e. The molecule has 3 amide bonds. The van der Waals surface area contributed by atoms with Gasteiger partial charge in [-0.15, -0.1) is 0 Å². The van der Waals surface area contributed by atoms with Crippen LogP contribution in [-0.4, -0.2) is 103 Å². The maximum atomic E-state index is 14.6. The quantitative estimate of drug-likeness (QED) is 0.306. The van der Waals surface area contributed by atoms with Crippen LogP contribution in [0.5, 0.6) is 0 Å². The maximum absolute atomic E-state index is 14.6. The van der Waals surface area contributed by atoms with Crippen molar-refractivity contribution in [3.05, 3.63) is 71.0 Å². The lowest BCUT2D eigenvalue weighted by Gasteiger charge is -2.45. The lowest BCUT2D eigenvalue weighted by atomic mass is 10.00. The van der Waals surface area contributed by atoms with Gasteiger partial charge < -0.3 is 26.6 Å². The van der Waals surface area contributed by atoms with Gasteiger partial charge in [0.05, 0.1) is 11.7 Å². The number of carbonyl (C=O) groups is 2. The van der Waals surface area contributed by atoms with E-state index in [2.05, 4.69) is 40.6 Å². The fourth-order valence-electron chi connectivity index (χ4n) is 5.67. The first-order valence-corrected chi connectivity index (χ1v) is 15.0. The van der Waals surface area contributed by atoms with Crippen LogP contribution in [-0.2, 0) is 6.18 Å². The number of nitrogens with zero attached hydrogens (tertiary/aromatic N) is 6. The molecule has 0 saturated carbocycles. The smallest absolute Gasteiger partial charge is 0.384 e. The average molecular weight is 641 g/mol. The summed E-state index contributed by atoms with van der Waals surface area (Å²) in [6, 6.07) is 9.58. The largest absolute Gasteiger partial charge is 0.416 e. The number of hydrogen-bond donors (Lipinski definition) is 4. The number of aryl methyl sites for hydroxylation is 1. The molecule has 2 fully saturated rings. The lowest BCUT2D eigenvalue weighted by Crippen LogP contribution is -2.54. The Kier molecular flexibility index (Phi) is 10.1. The van der Waals surface area contributed by atoms with Gasteiger partial charge in [0.1, 0.15) is 18.0 Å². The minimum atomic E-state index is -4.64. The van der Waals surface area contributed by atoms with Gasteiger partial charge >= 0.3 is 12.2 Å². The molecule has 5 N–H and O–H groups in total. The number of nitrogens with two attached hydrogens (primary N) is 1. The number of carbonyl (C=O) groups excluding carboxylic acids is 2. The number of anilines is 4. The monoisotopic (exact) mass is 640 g/mol.